The SMILES string of the molecule is CNc1cc(C(=O)NCc2nn[nH]n2)c2ccccc2n1. The molecule has 3 aromatic rings. The van der Waals surface area contributed by atoms with Crippen LogP contribution in [0.4, 0.5) is 5.82 Å². The van der Waals surface area contributed by atoms with E-state index in [2.05, 4.69) is 36.2 Å². The molecule has 0 saturated carbocycles. The molecule has 8 heteroatoms. The van der Waals surface area contributed by atoms with Gasteiger partial charge in [0.15, 0.2) is 5.82 Å². The topological polar surface area (TPSA) is 108 Å². The number of aromatic amines is 1. The first-order chi connectivity index (χ1) is 10.3. The summed E-state index contributed by atoms with van der Waals surface area (Å²) in [6.07, 6.45) is 0. The molecule has 106 valence electrons. The number of benzene rings is 1. The fourth-order valence-corrected chi connectivity index (χ4v) is 2.00. The summed E-state index contributed by atoms with van der Waals surface area (Å²) in [4.78, 5) is 16.8. The third-order valence-corrected chi connectivity index (χ3v) is 3.01. The van der Waals surface area contributed by atoms with E-state index in [4.69, 9.17) is 0 Å². The number of anilines is 1. The molecule has 0 spiro atoms. The minimum atomic E-state index is -0.213. The number of fused-ring (bicyclic) bond motifs is 1. The van der Waals surface area contributed by atoms with Crippen molar-refractivity contribution in [2.24, 2.45) is 0 Å². The third-order valence-electron chi connectivity index (χ3n) is 3.01. The molecule has 1 aromatic carbocycles. The number of aromatic nitrogens is 5. The fraction of sp³-hybridized carbons (Fsp3) is 0.154. The van der Waals surface area contributed by atoms with E-state index >= 15 is 0 Å². The summed E-state index contributed by atoms with van der Waals surface area (Å²) in [5.41, 5.74) is 1.31. The van der Waals surface area contributed by atoms with Gasteiger partial charge in [-0.1, -0.05) is 23.4 Å². The Bertz CT molecular complexity index is 769. The second kappa shape index (κ2) is 5.53. The Kier molecular flexibility index (Phi) is 3.42. The highest BCUT2D eigenvalue weighted by atomic mass is 16.1. The summed E-state index contributed by atoms with van der Waals surface area (Å²) in [5.74, 6) is 0.851. The normalized spacial score (nSPS) is 10.5. The number of amides is 1. The van der Waals surface area contributed by atoms with E-state index in [-0.39, 0.29) is 12.5 Å². The van der Waals surface area contributed by atoms with Crippen molar-refractivity contribution in [2.45, 2.75) is 6.54 Å². The summed E-state index contributed by atoms with van der Waals surface area (Å²) >= 11 is 0. The van der Waals surface area contributed by atoms with Crippen LogP contribution in [0.15, 0.2) is 30.3 Å². The van der Waals surface area contributed by atoms with E-state index < -0.39 is 0 Å². The minimum absolute atomic E-state index is 0.209. The maximum Gasteiger partial charge on any atom is 0.252 e. The quantitative estimate of drug-likeness (QED) is 0.651. The van der Waals surface area contributed by atoms with Gasteiger partial charge in [-0.15, -0.1) is 10.2 Å². The first-order valence-corrected chi connectivity index (χ1v) is 6.36. The van der Waals surface area contributed by atoms with Crippen molar-refractivity contribution >= 4 is 22.6 Å². The van der Waals surface area contributed by atoms with Crippen LogP contribution >= 0.6 is 0 Å². The van der Waals surface area contributed by atoms with Crippen LogP contribution in [0.5, 0.6) is 0 Å². The molecule has 1 amide bonds. The minimum Gasteiger partial charge on any atom is -0.373 e. The number of pyridine rings is 1. The van der Waals surface area contributed by atoms with Gasteiger partial charge in [-0.05, 0) is 12.1 Å². The van der Waals surface area contributed by atoms with Crippen LogP contribution < -0.4 is 10.6 Å². The zero-order chi connectivity index (χ0) is 14.7. The lowest BCUT2D eigenvalue weighted by Gasteiger charge is -2.09. The predicted octanol–water partition coefficient (Wildman–Crippen LogP) is 0.720. The van der Waals surface area contributed by atoms with Gasteiger partial charge < -0.3 is 10.6 Å². The standard InChI is InChI=1S/C13H13N7O/c1-14-11-6-9(8-4-2-3-5-10(8)16-11)13(21)15-7-12-17-19-20-18-12/h2-6H,7H2,1H3,(H,14,16)(H,15,21)(H,17,18,19,20). The second-order valence-corrected chi connectivity index (χ2v) is 4.33. The van der Waals surface area contributed by atoms with E-state index in [0.29, 0.717) is 17.2 Å². The van der Waals surface area contributed by atoms with Crippen LogP contribution in [0.3, 0.4) is 0 Å². The van der Waals surface area contributed by atoms with E-state index in [0.717, 1.165) is 10.9 Å². The molecule has 0 saturated heterocycles. The number of nitrogens with zero attached hydrogens (tertiary/aromatic N) is 4. The van der Waals surface area contributed by atoms with Gasteiger partial charge in [0.2, 0.25) is 0 Å². The summed E-state index contributed by atoms with van der Waals surface area (Å²) in [5, 5.41) is 19.9. The number of carbonyl (C=O) groups is 1. The Balaban J connectivity index is 1.92. The van der Waals surface area contributed by atoms with Gasteiger partial charge in [0.25, 0.3) is 5.91 Å². The fourth-order valence-electron chi connectivity index (χ4n) is 2.00. The molecule has 2 heterocycles. The summed E-state index contributed by atoms with van der Waals surface area (Å²) in [6, 6.07) is 9.21. The molecular weight excluding hydrogens is 270 g/mol. The highest BCUT2D eigenvalue weighted by Gasteiger charge is 2.13. The highest BCUT2D eigenvalue weighted by molar-refractivity contribution is 6.06. The van der Waals surface area contributed by atoms with Crippen molar-refractivity contribution in [1.29, 1.82) is 0 Å². The third kappa shape index (κ3) is 2.64. The van der Waals surface area contributed by atoms with Gasteiger partial charge in [0.05, 0.1) is 17.6 Å². The van der Waals surface area contributed by atoms with E-state index in [9.17, 15) is 4.79 Å². The number of tetrazole rings is 1. The van der Waals surface area contributed by atoms with Crippen LogP contribution in [0.2, 0.25) is 0 Å². The first kappa shape index (κ1) is 13.0. The zero-order valence-electron chi connectivity index (χ0n) is 11.3. The maximum absolute atomic E-state index is 12.4. The van der Waals surface area contributed by atoms with Crippen LogP contribution in [0.1, 0.15) is 16.2 Å². The lowest BCUT2D eigenvalue weighted by molar-refractivity contribution is 0.0951. The molecule has 3 N–H and O–H groups in total. The van der Waals surface area contributed by atoms with Crippen molar-refractivity contribution in [3.8, 4) is 0 Å². The van der Waals surface area contributed by atoms with Gasteiger partial charge in [-0.25, -0.2) is 4.98 Å². The highest BCUT2D eigenvalue weighted by Crippen LogP contribution is 2.20. The molecule has 0 aliphatic heterocycles. The van der Waals surface area contributed by atoms with Crippen molar-refractivity contribution in [3.63, 3.8) is 0 Å². The van der Waals surface area contributed by atoms with E-state index in [1.807, 2.05) is 24.3 Å². The van der Waals surface area contributed by atoms with Crippen molar-refractivity contribution < 1.29 is 4.79 Å². The van der Waals surface area contributed by atoms with Crippen molar-refractivity contribution in [3.05, 3.63) is 41.7 Å². The molecule has 2 aromatic heterocycles. The van der Waals surface area contributed by atoms with Gasteiger partial charge in [-0.3, -0.25) is 4.79 Å². The number of rotatable bonds is 4. The molecule has 0 unspecified atom stereocenters. The predicted molar refractivity (Wildman–Crippen MR) is 76.6 cm³/mol. The monoisotopic (exact) mass is 283 g/mol. The first-order valence-electron chi connectivity index (χ1n) is 6.36. The lowest BCUT2D eigenvalue weighted by atomic mass is 10.1. The summed E-state index contributed by atoms with van der Waals surface area (Å²) in [6.45, 7) is 0.209. The average molecular weight is 283 g/mol. The molecule has 0 aliphatic rings. The van der Waals surface area contributed by atoms with Crippen molar-refractivity contribution in [2.75, 3.05) is 12.4 Å². The van der Waals surface area contributed by atoms with E-state index in [1.165, 1.54) is 0 Å². The van der Waals surface area contributed by atoms with E-state index in [1.54, 1.807) is 13.1 Å². The Labute approximate surface area is 120 Å². The van der Waals surface area contributed by atoms with Crippen molar-refractivity contribution in [1.82, 2.24) is 30.9 Å². The number of nitrogens with one attached hydrogen (secondary N) is 3. The van der Waals surface area contributed by atoms with Crippen LogP contribution in [0.25, 0.3) is 10.9 Å². The zero-order valence-corrected chi connectivity index (χ0v) is 11.3. The molecule has 0 radical (unpaired) electrons. The largest absolute Gasteiger partial charge is 0.373 e. The van der Waals surface area contributed by atoms with Crippen LogP contribution in [-0.2, 0) is 6.54 Å². The number of carbonyl (C=O) groups excluding carboxylic acids is 1. The maximum atomic E-state index is 12.4. The second-order valence-electron chi connectivity index (χ2n) is 4.33. The Morgan fingerprint density at radius 1 is 1.33 bits per heavy atom. The van der Waals surface area contributed by atoms with Crippen LogP contribution in [0, 0.1) is 0 Å². The van der Waals surface area contributed by atoms with Gasteiger partial charge >= 0.3 is 0 Å². The molecule has 3 rings (SSSR count). The van der Waals surface area contributed by atoms with Crippen LogP contribution in [-0.4, -0.2) is 38.6 Å². The molecule has 21 heavy (non-hydrogen) atoms. The smallest absolute Gasteiger partial charge is 0.252 e. The summed E-state index contributed by atoms with van der Waals surface area (Å²) < 4.78 is 0. The summed E-state index contributed by atoms with van der Waals surface area (Å²) in [7, 11) is 1.76. The molecular formula is C13H13N7O. The molecule has 0 bridgehead atoms. The molecule has 0 aliphatic carbocycles. The number of para-hydroxylation sites is 1. The Morgan fingerprint density at radius 3 is 2.95 bits per heavy atom. The molecule has 0 atom stereocenters. The average Bonchev–Trinajstić information content (AvgIpc) is 3.05. The lowest BCUT2D eigenvalue weighted by Crippen LogP contribution is -2.24. The number of H-pyrrole nitrogens is 1. The Morgan fingerprint density at radius 2 is 2.19 bits per heavy atom. The van der Waals surface area contributed by atoms with Gasteiger partial charge in [0.1, 0.15) is 5.82 Å². The molecule has 0 fully saturated rings. The number of hydrogen-bond donors (Lipinski definition) is 3. The van der Waals surface area contributed by atoms with Gasteiger partial charge in [-0.2, -0.15) is 5.21 Å². The number of hydrogen-bond acceptors (Lipinski definition) is 6. The van der Waals surface area contributed by atoms with Gasteiger partial charge in [0, 0.05) is 12.4 Å². The molecule has 8 nitrogen and oxygen atoms in total. The Hall–Kier alpha value is -3.03.